The van der Waals surface area contributed by atoms with E-state index in [1.54, 1.807) is 6.07 Å². The quantitative estimate of drug-likeness (QED) is 0.876. The van der Waals surface area contributed by atoms with Gasteiger partial charge in [-0.3, -0.25) is 0 Å². The Morgan fingerprint density at radius 2 is 2.00 bits per heavy atom. The number of hydrogen-bond acceptors (Lipinski definition) is 2. The van der Waals surface area contributed by atoms with Gasteiger partial charge < -0.3 is 10.2 Å². The van der Waals surface area contributed by atoms with Crippen LogP contribution in [0.15, 0.2) is 28.7 Å². The van der Waals surface area contributed by atoms with Gasteiger partial charge in [-0.1, -0.05) is 13.0 Å². The summed E-state index contributed by atoms with van der Waals surface area (Å²) in [5.74, 6) is 0.610. The van der Waals surface area contributed by atoms with Gasteiger partial charge in [-0.25, -0.2) is 0 Å². The highest BCUT2D eigenvalue weighted by Crippen LogP contribution is 2.33. The molecule has 0 radical (unpaired) electrons. The topological polar surface area (TPSA) is 39.2 Å². The Balaban J connectivity index is 2.48. The Hall–Kier alpha value is -1.49. The Morgan fingerprint density at radius 1 is 1.29 bits per heavy atom. The lowest BCUT2D eigenvalue weighted by molar-refractivity contribution is -0.137. The van der Waals surface area contributed by atoms with E-state index in [-0.39, 0.29) is 11.5 Å². The van der Waals surface area contributed by atoms with E-state index in [1.807, 2.05) is 6.92 Å². The van der Waals surface area contributed by atoms with Crippen LogP contribution < -0.4 is 5.73 Å². The molecule has 0 aliphatic carbocycles. The van der Waals surface area contributed by atoms with Crippen LogP contribution in [0.2, 0.25) is 0 Å². The van der Waals surface area contributed by atoms with Crippen LogP contribution in [0.25, 0.3) is 11.0 Å². The number of benzene rings is 1. The predicted molar refractivity (Wildman–Crippen MR) is 58.7 cm³/mol. The molecule has 2 rings (SSSR count). The van der Waals surface area contributed by atoms with Gasteiger partial charge >= 0.3 is 6.18 Å². The first kappa shape index (κ1) is 12.0. The summed E-state index contributed by atoms with van der Waals surface area (Å²) >= 11 is 0. The van der Waals surface area contributed by atoms with Gasteiger partial charge in [-0.15, -0.1) is 0 Å². The molecule has 5 heteroatoms. The standard InChI is InChI=1S/C12H12F3NO/c1-7(6-16)10-4-8-2-3-9(12(13,14)15)5-11(8)17-10/h2-5,7H,6,16H2,1H3. The average molecular weight is 243 g/mol. The van der Waals surface area contributed by atoms with Gasteiger partial charge in [0, 0.05) is 17.8 Å². The largest absolute Gasteiger partial charge is 0.461 e. The normalized spacial score (nSPS) is 14.2. The molecular weight excluding hydrogens is 231 g/mol. The van der Waals surface area contributed by atoms with Crippen LogP contribution in [0, 0.1) is 0 Å². The Morgan fingerprint density at radius 3 is 2.59 bits per heavy atom. The lowest BCUT2D eigenvalue weighted by atomic mass is 10.1. The second kappa shape index (κ2) is 4.07. The lowest BCUT2D eigenvalue weighted by Gasteiger charge is -2.05. The highest BCUT2D eigenvalue weighted by molar-refractivity contribution is 5.78. The maximum absolute atomic E-state index is 12.5. The Labute approximate surface area is 96.2 Å². The highest BCUT2D eigenvalue weighted by atomic mass is 19.4. The summed E-state index contributed by atoms with van der Waals surface area (Å²) in [6, 6.07) is 5.21. The summed E-state index contributed by atoms with van der Waals surface area (Å²) in [7, 11) is 0. The molecule has 92 valence electrons. The van der Waals surface area contributed by atoms with Gasteiger partial charge in [0.1, 0.15) is 11.3 Å². The second-order valence-electron chi connectivity index (χ2n) is 4.04. The van der Waals surface area contributed by atoms with Crippen molar-refractivity contribution in [2.75, 3.05) is 6.54 Å². The molecule has 1 aromatic heterocycles. The Kier molecular flexibility index (Phi) is 2.87. The minimum atomic E-state index is -4.35. The maximum Gasteiger partial charge on any atom is 0.416 e. The van der Waals surface area contributed by atoms with Crippen molar-refractivity contribution in [3.63, 3.8) is 0 Å². The molecule has 0 saturated carbocycles. The van der Waals surface area contributed by atoms with Gasteiger partial charge in [-0.2, -0.15) is 13.2 Å². The first-order chi connectivity index (χ1) is 7.91. The summed E-state index contributed by atoms with van der Waals surface area (Å²) in [6.45, 7) is 2.26. The van der Waals surface area contributed by atoms with Crippen molar-refractivity contribution in [3.05, 3.63) is 35.6 Å². The molecule has 1 aromatic carbocycles. The number of halogens is 3. The van der Waals surface area contributed by atoms with Crippen LogP contribution in [-0.4, -0.2) is 6.54 Å². The zero-order valence-corrected chi connectivity index (χ0v) is 9.21. The van der Waals surface area contributed by atoms with E-state index in [0.717, 1.165) is 12.1 Å². The van der Waals surface area contributed by atoms with Crippen LogP contribution >= 0.6 is 0 Å². The number of hydrogen-bond donors (Lipinski definition) is 1. The first-order valence-electron chi connectivity index (χ1n) is 5.22. The highest BCUT2D eigenvalue weighted by Gasteiger charge is 2.30. The van der Waals surface area contributed by atoms with Gasteiger partial charge in [0.2, 0.25) is 0 Å². The summed E-state index contributed by atoms with van der Waals surface area (Å²) in [5.41, 5.74) is 5.03. The van der Waals surface area contributed by atoms with E-state index in [9.17, 15) is 13.2 Å². The van der Waals surface area contributed by atoms with E-state index >= 15 is 0 Å². The average Bonchev–Trinajstić information content (AvgIpc) is 2.69. The number of nitrogens with two attached hydrogens (primary N) is 1. The molecule has 1 unspecified atom stereocenters. The number of alkyl halides is 3. The SMILES string of the molecule is CC(CN)c1cc2ccc(C(F)(F)F)cc2o1. The van der Waals surface area contributed by atoms with Crippen molar-refractivity contribution in [1.82, 2.24) is 0 Å². The zero-order chi connectivity index (χ0) is 12.6. The van der Waals surface area contributed by atoms with Gasteiger partial charge in [0.05, 0.1) is 5.56 Å². The summed E-state index contributed by atoms with van der Waals surface area (Å²) in [4.78, 5) is 0. The molecule has 0 bridgehead atoms. The maximum atomic E-state index is 12.5. The van der Waals surface area contributed by atoms with Crippen LogP contribution in [0.5, 0.6) is 0 Å². The molecule has 0 fully saturated rings. The van der Waals surface area contributed by atoms with E-state index < -0.39 is 11.7 Å². The lowest BCUT2D eigenvalue weighted by Crippen LogP contribution is -2.07. The summed E-state index contributed by atoms with van der Waals surface area (Å²) < 4.78 is 42.8. The van der Waals surface area contributed by atoms with Crippen LogP contribution in [0.1, 0.15) is 24.2 Å². The number of rotatable bonds is 2. The van der Waals surface area contributed by atoms with Crippen molar-refractivity contribution in [3.8, 4) is 0 Å². The Bertz CT molecular complexity index is 530. The molecule has 1 heterocycles. The number of fused-ring (bicyclic) bond motifs is 1. The van der Waals surface area contributed by atoms with E-state index in [2.05, 4.69) is 0 Å². The minimum Gasteiger partial charge on any atom is -0.461 e. The molecule has 2 N–H and O–H groups in total. The molecule has 1 atom stereocenters. The van der Waals surface area contributed by atoms with Gasteiger partial charge in [0.15, 0.2) is 0 Å². The smallest absolute Gasteiger partial charge is 0.416 e. The van der Waals surface area contributed by atoms with Crippen LogP contribution in [0.4, 0.5) is 13.2 Å². The molecule has 17 heavy (non-hydrogen) atoms. The van der Waals surface area contributed by atoms with Crippen molar-refractivity contribution in [2.45, 2.75) is 19.0 Å². The first-order valence-corrected chi connectivity index (χ1v) is 5.22. The van der Waals surface area contributed by atoms with E-state index in [1.165, 1.54) is 6.07 Å². The monoisotopic (exact) mass is 243 g/mol. The fourth-order valence-corrected chi connectivity index (χ4v) is 1.59. The fourth-order valence-electron chi connectivity index (χ4n) is 1.59. The van der Waals surface area contributed by atoms with E-state index in [4.69, 9.17) is 10.2 Å². The fraction of sp³-hybridized carbons (Fsp3) is 0.333. The second-order valence-corrected chi connectivity index (χ2v) is 4.04. The third-order valence-electron chi connectivity index (χ3n) is 2.71. The molecule has 0 aliphatic heterocycles. The van der Waals surface area contributed by atoms with Crippen LogP contribution in [0.3, 0.4) is 0 Å². The molecular formula is C12H12F3NO. The molecule has 0 aliphatic rings. The third-order valence-corrected chi connectivity index (χ3v) is 2.71. The molecule has 2 nitrogen and oxygen atoms in total. The molecule has 0 saturated heterocycles. The predicted octanol–water partition coefficient (Wildman–Crippen LogP) is 3.51. The third kappa shape index (κ3) is 2.29. The van der Waals surface area contributed by atoms with Crippen molar-refractivity contribution in [1.29, 1.82) is 0 Å². The summed E-state index contributed by atoms with van der Waals surface area (Å²) in [6.07, 6.45) is -4.35. The number of furan rings is 1. The van der Waals surface area contributed by atoms with Crippen LogP contribution in [-0.2, 0) is 6.18 Å². The van der Waals surface area contributed by atoms with Crippen molar-refractivity contribution in [2.24, 2.45) is 5.73 Å². The van der Waals surface area contributed by atoms with Gasteiger partial charge in [-0.05, 0) is 18.2 Å². The zero-order valence-electron chi connectivity index (χ0n) is 9.21. The molecule has 0 amide bonds. The summed E-state index contributed by atoms with van der Waals surface area (Å²) in [5, 5.41) is 0.660. The van der Waals surface area contributed by atoms with Crippen molar-refractivity contribution >= 4 is 11.0 Å². The van der Waals surface area contributed by atoms with Gasteiger partial charge in [0.25, 0.3) is 0 Å². The van der Waals surface area contributed by atoms with E-state index in [0.29, 0.717) is 17.7 Å². The molecule has 2 aromatic rings. The minimum absolute atomic E-state index is 0.00302. The van der Waals surface area contributed by atoms with Crippen molar-refractivity contribution < 1.29 is 17.6 Å². The molecule has 0 spiro atoms.